The van der Waals surface area contributed by atoms with Crippen LogP contribution in [0.25, 0.3) is 33.3 Å². The number of hydrogen-bond acceptors (Lipinski definition) is 6. The Morgan fingerprint density at radius 3 is 2.75 bits per heavy atom. The zero-order valence-electron chi connectivity index (χ0n) is 19.8. The molecule has 36 heavy (non-hydrogen) atoms. The van der Waals surface area contributed by atoms with E-state index in [1.807, 2.05) is 18.2 Å². The van der Waals surface area contributed by atoms with Crippen LogP contribution >= 0.6 is 11.6 Å². The van der Waals surface area contributed by atoms with Crippen LogP contribution in [0.15, 0.2) is 62.2 Å². The summed E-state index contributed by atoms with van der Waals surface area (Å²) in [4.78, 5) is 32.4. The van der Waals surface area contributed by atoms with E-state index in [0.29, 0.717) is 55.8 Å². The molecule has 1 aliphatic carbocycles. The van der Waals surface area contributed by atoms with Crippen LogP contribution in [0, 0.1) is 6.92 Å². The number of carbonyl (C=O) groups excluding carboxylic acids is 1. The number of benzene rings is 2. The maximum absolute atomic E-state index is 13.4. The van der Waals surface area contributed by atoms with Crippen LogP contribution in [0.2, 0.25) is 5.02 Å². The Hall–Kier alpha value is -3.91. The average molecular weight is 503 g/mol. The van der Waals surface area contributed by atoms with E-state index in [1.165, 1.54) is 9.58 Å². The lowest BCUT2D eigenvalue weighted by atomic mass is 9.83. The largest absolute Gasteiger partial charge is 0.458 e. The van der Waals surface area contributed by atoms with Gasteiger partial charge in [0.2, 0.25) is 5.91 Å². The first kappa shape index (κ1) is 22.5. The van der Waals surface area contributed by atoms with Gasteiger partial charge < -0.3 is 13.7 Å². The highest BCUT2D eigenvalue weighted by Gasteiger charge is 2.26. The fourth-order valence-electron chi connectivity index (χ4n) is 4.54. The normalized spacial score (nSPS) is 13.9. The third kappa shape index (κ3) is 3.87. The van der Waals surface area contributed by atoms with E-state index < -0.39 is 0 Å². The molecule has 5 aromatic rings. The Kier molecular flexibility index (Phi) is 5.41. The zero-order valence-corrected chi connectivity index (χ0v) is 20.6. The second kappa shape index (κ2) is 8.64. The van der Waals surface area contributed by atoms with E-state index in [4.69, 9.17) is 20.4 Å². The number of likely N-dealkylation sites (N-methyl/N-ethyl adjacent to an activating group) is 1. The zero-order chi connectivity index (χ0) is 25.0. The SMILES string of the molecule is Cc1nc2ccc(N(C)C(=O)Cn3nc(-c4cccc(Cl)c4)c4oc(C5CCC5)cc4c3=O)cc2o1. The molecule has 9 heteroatoms. The first-order chi connectivity index (χ1) is 17.4. The molecule has 0 unspecified atom stereocenters. The van der Waals surface area contributed by atoms with E-state index >= 15 is 0 Å². The lowest BCUT2D eigenvalue weighted by Crippen LogP contribution is -2.35. The molecule has 0 N–H and O–H groups in total. The maximum atomic E-state index is 13.4. The number of aryl methyl sites for hydroxylation is 1. The van der Waals surface area contributed by atoms with Crippen LogP contribution in [-0.4, -0.2) is 27.7 Å². The first-order valence-corrected chi connectivity index (χ1v) is 12.2. The van der Waals surface area contributed by atoms with Gasteiger partial charge in [0.1, 0.15) is 23.5 Å². The third-order valence-corrected chi connectivity index (χ3v) is 7.02. The second-order valence-corrected chi connectivity index (χ2v) is 9.62. The van der Waals surface area contributed by atoms with Crippen molar-refractivity contribution in [2.24, 2.45) is 0 Å². The first-order valence-electron chi connectivity index (χ1n) is 11.8. The van der Waals surface area contributed by atoms with Gasteiger partial charge in [-0.05, 0) is 43.2 Å². The molecular formula is C27H23ClN4O4. The quantitative estimate of drug-likeness (QED) is 0.306. The molecule has 1 saturated carbocycles. The van der Waals surface area contributed by atoms with Crippen molar-refractivity contribution >= 4 is 45.3 Å². The monoisotopic (exact) mass is 502 g/mol. The maximum Gasteiger partial charge on any atom is 0.278 e. The summed E-state index contributed by atoms with van der Waals surface area (Å²) in [5, 5.41) is 5.53. The summed E-state index contributed by atoms with van der Waals surface area (Å²) in [6.45, 7) is 1.53. The molecule has 0 spiro atoms. The summed E-state index contributed by atoms with van der Waals surface area (Å²) in [5.74, 6) is 1.34. The Morgan fingerprint density at radius 2 is 2.00 bits per heavy atom. The predicted octanol–water partition coefficient (Wildman–Crippen LogP) is 5.69. The van der Waals surface area contributed by atoms with Crippen LogP contribution < -0.4 is 10.5 Å². The third-order valence-electron chi connectivity index (χ3n) is 6.78. The highest BCUT2D eigenvalue weighted by Crippen LogP contribution is 2.40. The number of furan rings is 1. The lowest BCUT2D eigenvalue weighted by Gasteiger charge is -2.22. The van der Waals surface area contributed by atoms with Crippen LogP contribution in [0.4, 0.5) is 5.69 Å². The number of hydrogen-bond donors (Lipinski definition) is 0. The molecule has 3 aromatic heterocycles. The summed E-state index contributed by atoms with van der Waals surface area (Å²) in [6.07, 6.45) is 3.21. The molecule has 1 aliphatic rings. The van der Waals surface area contributed by atoms with Gasteiger partial charge >= 0.3 is 0 Å². The van der Waals surface area contributed by atoms with Crippen molar-refractivity contribution < 1.29 is 13.6 Å². The van der Waals surface area contributed by atoms with Crippen molar-refractivity contribution in [2.75, 3.05) is 11.9 Å². The topological polar surface area (TPSA) is 94.4 Å². The van der Waals surface area contributed by atoms with Gasteiger partial charge in [-0.15, -0.1) is 0 Å². The molecule has 2 aromatic carbocycles. The van der Waals surface area contributed by atoms with Crippen molar-refractivity contribution in [2.45, 2.75) is 38.6 Å². The fraction of sp³-hybridized carbons (Fsp3) is 0.259. The minimum atomic E-state index is -0.367. The molecule has 0 atom stereocenters. The molecule has 1 amide bonds. The molecule has 8 nitrogen and oxygen atoms in total. The molecule has 182 valence electrons. The highest BCUT2D eigenvalue weighted by molar-refractivity contribution is 6.30. The summed E-state index contributed by atoms with van der Waals surface area (Å²) < 4.78 is 13.0. The van der Waals surface area contributed by atoms with Crippen LogP contribution in [0.3, 0.4) is 0 Å². The van der Waals surface area contributed by atoms with Gasteiger partial charge in [0.25, 0.3) is 5.56 Å². The summed E-state index contributed by atoms with van der Waals surface area (Å²) in [7, 11) is 1.65. The smallest absolute Gasteiger partial charge is 0.278 e. The number of oxazole rings is 1. The standard InChI is InChI=1S/C27H23ClN4O4/c1-15-29-21-10-9-19(12-23(21)35-15)31(2)24(33)14-32-27(34)20-13-22(16-5-3-6-16)36-26(20)25(30-32)17-7-4-8-18(28)11-17/h4,7-13,16H,3,5-6,14H2,1-2H3. The van der Waals surface area contributed by atoms with Gasteiger partial charge in [-0.1, -0.05) is 30.2 Å². The number of aromatic nitrogens is 3. The Labute approximate surface area is 211 Å². The van der Waals surface area contributed by atoms with Crippen molar-refractivity contribution in [3.8, 4) is 11.3 Å². The van der Waals surface area contributed by atoms with Gasteiger partial charge in [-0.25, -0.2) is 9.67 Å². The Bertz CT molecular complexity index is 1700. The molecule has 1 fully saturated rings. The van der Waals surface area contributed by atoms with E-state index in [1.54, 1.807) is 44.3 Å². The number of nitrogens with zero attached hydrogens (tertiary/aromatic N) is 4. The molecule has 0 saturated heterocycles. The van der Waals surface area contributed by atoms with E-state index in [-0.39, 0.29) is 18.0 Å². The van der Waals surface area contributed by atoms with Crippen LogP contribution in [0.5, 0.6) is 0 Å². The molecule has 0 aliphatic heterocycles. The van der Waals surface area contributed by atoms with Crippen LogP contribution in [-0.2, 0) is 11.3 Å². The second-order valence-electron chi connectivity index (χ2n) is 9.18. The van der Waals surface area contributed by atoms with Crippen molar-refractivity contribution in [3.05, 3.63) is 75.6 Å². The lowest BCUT2D eigenvalue weighted by molar-refractivity contribution is -0.119. The van der Waals surface area contributed by atoms with Gasteiger partial charge in [0.05, 0.1) is 5.39 Å². The number of carbonyl (C=O) groups is 1. The Morgan fingerprint density at radius 1 is 1.17 bits per heavy atom. The number of amides is 1. The summed E-state index contributed by atoms with van der Waals surface area (Å²) in [5.41, 5.74) is 3.18. The fourth-order valence-corrected chi connectivity index (χ4v) is 4.73. The van der Waals surface area contributed by atoms with Crippen molar-refractivity contribution in [3.63, 3.8) is 0 Å². The van der Waals surface area contributed by atoms with Gasteiger partial charge in [-0.3, -0.25) is 9.59 Å². The van der Waals surface area contributed by atoms with E-state index in [2.05, 4.69) is 10.1 Å². The molecular weight excluding hydrogens is 480 g/mol. The molecule has 3 heterocycles. The predicted molar refractivity (Wildman–Crippen MR) is 137 cm³/mol. The van der Waals surface area contributed by atoms with Crippen LogP contribution in [0.1, 0.15) is 36.8 Å². The minimum Gasteiger partial charge on any atom is -0.458 e. The van der Waals surface area contributed by atoms with Crippen molar-refractivity contribution in [1.82, 2.24) is 14.8 Å². The number of rotatable bonds is 5. The van der Waals surface area contributed by atoms with Gasteiger partial charge in [0.15, 0.2) is 17.1 Å². The Balaban J connectivity index is 1.40. The summed E-state index contributed by atoms with van der Waals surface area (Å²) in [6, 6.07) is 14.4. The number of halogens is 1. The number of anilines is 1. The highest BCUT2D eigenvalue weighted by atomic mass is 35.5. The van der Waals surface area contributed by atoms with Crippen molar-refractivity contribution in [1.29, 1.82) is 0 Å². The van der Waals surface area contributed by atoms with Gasteiger partial charge in [0, 0.05) is 42.2 Å². The molecule has 6 rings (SSSR count). The molecule has 0 radical (unpaired) electrons. The van der Waals surface area contributed by atoms with E-state index in [0.717, 1.165) is 25.0 Å². The average Bonchev–Trinajstić information content (AvgIpc) is 3.41. The van der Waals surface area contributed by atoms with Gasteiger partial charge in [-0.2, -0.15) is 5.10 Å². The molecule has 0 bridgehead atoms. The minimum absolute atomic E-state index is 0.240. The van der Waals surface area contributed by atoms with E-state index in [9.17, 15) is 9.59 Å². The number of fused-ring (bicyclic) bond motifs is 2. The summed E-state index contributed by atoms with van der Waals surface area (Å²) >= 11 is 6.24.